The van der Waals surface area contributed by atoms with Crippen LogP contribution >= 0.6 is 0 Å². The van der Waals surface area contributed by atoms with Crippen LogP contribution in [0.15, 0.2) is 12.3 Å². The van der Waals surface area contributed by atoms with Crippen molar-refractivity contribution in [2.24, 2.45) is 5.92 Å². The quantitative estimate of drug-likeness (QED) is 0.771. The lowest BCUT2D eigenvalue weighted by Gasteiger charge is -2.20. The maximum absolute atomic E-state index is 11.6. The van der Waals surface area contributed by atoms with E-state index in [2.05, 4.69) is 4.98 Å². The number of nitrogens with two attached hydrogens (primary N) is 1. The summed E-state index contributed by atoms with van der Waals surface area (Å²) >= 11 is 0. The molecule has 0 spiro atoms. The molecule has 1 heterocycles. The molecule has 0 aromatic carbocycles. The Balaban J connectivity index is 1.79. The number of nitrogen functional groups attached to an aromatic ring is 1. The number of carbonyl (C=O) groups is 1. The van der Waals surface area contributed by atoms with E-state index in [1.807, 2.05) is 0 Å². The van der Waals surface area contributed by atoms with Crippen LogP contribution in [0, 0.1) is 5.92 Å². The number of H-pyrrole nitrogens is 1. The van der Waals surface area contributed by atoms with E-state index < -0.39 is 0 Å². The summed E-state index contributed by atoms with van der Waals surface area (Å²) in [5.74, 6) is 0.243. The first-order valence-corrected chi connectivity index (χ1v) is 5.87. The van der Waals surface area contributed by atoms with Gasteiger partial charge in [0.2, 0.25) is 0 Å². The summed E-state index contributed by atoms with van der Waals surface area (Å²) in [7, 11) is 0. The Morgan fingerprint density at radius 1 is 1.44 bits per heavy atom. The van der Waals surface area contributed by atoms with Crippen LogP contribution in [0.4, 0.5) is 5.69 Å². The number of aromatic amines is 1. The van der Waals surface area contributed by atoms with E-state index in [4.69, 9.17) is 10.5 Å². The lowest BCUT2D eigenvalue weighted by molar-refractivity contribution is 0.0404. The van der Waals surface area contributed by atoms with Gasteiger partial charge >= 0.3 is 5.97 Å². The van der Waals surface area contributed by atoms with Gasteiger partial charge in [0.25, 0.3) is 0 Å². The highest BCUT2D eigenvalue weighted by atomic mass is 16.5. The molecule has 1 aromatic rings. The zero-order chi connectivity index (χ0) is 11.4. The van der Waals surface area contributed by atoms with Crippen LogP contribution in [0.1, 0.15) is 42.6 Å². The number of esters is 1. The topological polar surface area (TPSA) is 68.1 Å². The van der Waals surface area contributed by atoms with E-state index in [1.54, 1.807) is 12.3 Å². The van der Waals surface area contributed by atoms with Crippen molar-refractivity contribution < 1.29 is 9.53 Å². The van der Waals surface area contributed by atoms with Crippen molar-refractivity contribution in [2.45, 2.75) is 32.1 Å². The summed E-state index contributed by atoms with van der Waals surface area (Å²) in [4.78, 5) is 14.4. The molecule has 0 unspecified atom stereocenters. The van der Waals surface area contributed by atoms with Gasteiger partial charge in [0, 0.05) is 6.20 Å². The number of ether oxygens (including phenoxy) is 1. The molecule has 0 bridgehead atoms. The molecule has 16 heavy (non-hydrogen) atoms. The first kappa shape index (κ1) is 11.0. The number of nitrogens with one attached hydrogen (secondary N) is 1. The number of hydrogen-bond donors (Lipinski definition) is 2. The Kier molecular flexibility index (Phi) is 3.49. The van der Waals surface area contributed by atoms with Crippen LogP contribution in [0.3, 0.4) is 0 Å². The highest BCUT2D eigenvalue weighted by Crippen LogP contribution is 2.23. The third-order valence-corrected chi connectivity index (χ3v) is 3.10. The van der Waals surface area contributed by atoms with Gasteiger partial charge in [-0.05, 0) is 24.8 Å². The molecule has 0 saturated heterocycles. The number of hydrogen-bond acceptors (Lipinski definition) is 3. The zero-order valence-corrected chi connectivity index (χ0v) is 9.37. The van der Waals surface area contributed by atoms with Crippen LogP contribution in [0.5, 0.6) is 0 Å². The molecule has 1 aromatic heterocycles. The third kappa shape index (κ3) is 2.78. The number of rotatable bonds is 3. The minimum atomic E-state index is -0.303. The second-order valence-corrected chi connectivity index (χ2v) is 4.45. The van der Waals surface area contributed by atoms with Crippen LogP contribution in [-0.2, 0) is 4.74 Å². The summed E-state index contributed by atoms with van der Waals surface area (Å²) in [5, 5.41) is 0. The zero-order valence-electron chi connectivity index (χ0n) is 9.37. The van der Waals surface area contributed by atoms with Crippen molar-refractivity contribution in [2.75, 3.05) is 12.3 Å². The average Bonchev–Trinajstić information content (AvgIpc) is 2.74. The molecule has 4 nitrogen and oxygen atoms in total. The van der Waals surface area contributed by atoms with Crippen LogP contribution < -0.4 is 5.73 Å². The normalized spacial score (nSPS) is 17.2. The molecule has 1 aliphatic rings. The number of carbonyl (C=O) groups excluding carboxylic acids is 1. The minimum Gasteiger partial charge on any atom is -0.461 e. The first-order chi connectivity index (χ1) is 7.75. The number of anilines is 1. The van der Waals surface area contributed by atoms with Crippen LogP contribution in [0.2, 0.25) is 0 Å². The maximum Gasteiger partial charge on any atom is 0.354 e. The van der Waals surface area contributed by atoms with Crippen molar-refractivity contribution in [1.82, 2.24) is 4.98 Å². The summed E-state index contributed by atoms with van der Waals surface area (Å²) < 4.78 is 5.26. The number of aromatic nitrogens is 1. The SMILES string of the molecule is Nc1c[nH]c(C(=O)OCC2CCCCC2)c1. The molecule has 0 atom stereocenters. The standard InChI is InChI=1S/C12H18N2O2/c13-10-6-11(14-7-10)12(15)16-8-9-4-2-1-3-5-9/h6-7,9,14H,1-5,8,13H2. The highest BCUT2D eigenvalue weighted by molar-refractivity contribution is 5.88. The lowest BCUT2D eigenvalue weighted by Crippen LogP contribution is -2.16. The second kappa shape index (κ2) is 5.05. The van der Waals surface area contributed by atoms with Crippen molar-refractivity contribution >= 4 is 11.7 Å². The van der Waals surface area contributed by atoms with Crippen molar-refractivity contribution in [3.05, 3.63) is 18.0 Å². The van der Waals surface area contributed by atoms with Crippen LogP contribution in [0.25, 0.3) is 0 Å². The van der Waals surface area contributed by atoms with E-state index >= 15 is 0 Å². The van der Waals surface area contributed by atoms with Gasteiger partial charge in [-0.2, -0.15) is 0 Å². The van der Waals surface area contributed by atoms with Gasteiger partial charge < -0.3 is 15.5 Å². The fraction of sp³-hybridized carbons (Fsp3) is 0.583. The first-order valence-electron chi connectivity index (χ1n) is 5.87. The Bertz CT molecular complexity index is 354. The highest BCUT2D eigenvalue weighted by Gasteiger charge is 2.16. The van der Waals surface area contributed by atoms with E-state index in [9.17, 15) is 4.79 Å². The molecule has 4 heteroatoms. The summed E-state index contributed by atoms with van der Waals surface area (Å²) in [6.07, 6.45) is 7.80. The molecule has 1 saturated carbocycles. The third-order valence-electron chi connectivity index (χ3n) is 3.10. The molecule has 0 aliphatic heterocycles. The van der Waals surface area contributed by atoms with E-state index in [-0.39, 0.29) is 5.97 Å². The predicted molar refractivity (Wildman–Crippen MR) is 62.1 cm³/mol. The van der Waals surface area contributed by atoms with Gasteiger partial charge in [0.05, 0.1) is 12.3 Å². The summed E-state index contributed by atoms with van der Waals surface area (Å²) in [6.45, 7) is 0.539. The second-order valence-electron chi connectivity index (χ2n) is 4.45. The Hall–Kier alpha value is -1.45. The molecular weight excluding hydrogens is 204 g/mol. The average molecular weight is 222 g/mol. The molecule has 0 amide bonds. The van der Waals surface area contributed by atoms with Gasteiger partial charge in [-0.3, -0.25) is 0 Å². The Labute approximate surface area is 95.2 Å². The summed E-state index contributed by atoms with van der Waals surface area (Å²) in [5.41, 5.74) is 6.51. The Morgan fingerprint density at radius 2 is 2.19 bits per heavy atom. The maximum atomic E-state index is 11.6. The monoisotopic (exact) mass is 222 g/mol. The van der Waals surface area contributed by atoms with Crippen molar-refractivity contribution in [3.63, 3.8) is 0 Å². The molecular formula is C12H18N2O2. The van der Waals surface area contributed by atoms with Gasteiger partial charge in [0.15, 0.2) is 0 Å². The fourth-order valence-electron chi connectivity index (χ4n) is 2.15. The van der Waals surface area contributed by atoms with E-state index in [1.165, 1.54) is 32.1 Å². The lowest BCUT2D eigenvalue weighted by atomic mass is 9.90. The van der Waals surface area contributed by atoms with Crippen molar-refractivity contribution in [1.29, 1.82) is 0 Å². The van der Waals surface area contributed by atoms with E-state index in [0.29, 0.717) is 23.9 Å². The Morgan fingerprint density at radius 3 is 2.81 bits per heavy atom. The van der Waals surface area contributed by atoms with E-state index in [0.717, 1.165) is 0 Å². The molecule has 2 rings (SSSR count). The molecule has 88 valence electrons. The summed E-state index contributed by atoms with van der Waals surface area (Å²) in [6, 6.07) is 1.60. The van der Waals surface area contributed by atoms with Gasteiger partial charge in [-0.1, -0.05) is 19.3 Å². The minimum absolute atomic E-state index is 0.303. The fourth-order valence-corrected chi connectivity index (χ4v) is 2.15. The smallest absolute Gasteiger partial charge is 0.354 e. The molecule has 0 radical (unpaired) electrons. The molecule has 1 fully saturated rings. The largest absolute Gasteiger partial charge is 0.461 e. The van der Waals surface area contributed by atoms with Crippen LogP contribution in [-0.4, -0.2) is 17.6 Å². The molecule has 3 N–H and O–H groups in total. The van der Waals surface area contributed by atoms with Crippen molar-refractivity contribution in [3.8, 4) is 0 Å². The predicted octanol–water partition coefficient (Wildman–Crippen LogP) is 2.33. The van der Waals surface area contributed by atoms with Gasteiger partial charge in [-0.25, -0.2) is 4.79 Å². The van der Waals surface area contributed by atoms with Gasteiger partial charge in [-0.15, -0.1) is 0 Å². The van der Waals surface area contributed by atoms with Gasteiger partial charge in [0.1, 0.15) is 5.69 Å². The molecule has 1 aliphatic carbocycles.